The van der Waals surface area contributed by atoms with Crippen LogP contribution in [-0.2, 0) is 24.0 Å². The Labute approximate surface area is 144 Å². The van der Waals surface area contributed by atoms with E-state index >= 15 is 0 Å². The Morgan fingerprint density at radius 1 is 1.04 bits per heavy atom. The van der Waals surface area contributed by atoms with Crippen LogP contribution in [0.3, 0.4) is 0 Å². The number of piperidine rings is 1. The molecular formula is C17H31NO6. The van der Waals surface area contributed by atoms with Gasteiger partial charge in [0.2, 0.25) is 0 Å². The summed E-state index contributed by atoms with van der Waals surface area (Å²) in [5, 5.41) is 0. The smallest absolute Gasteiger partial charge is 0.410 e. The van der Waals surface area contributed by atoms with E-state index in [0.29, 0.717) is 45.8 Å². The van der Waals surface area contributed by atoms with Crippen LogP contribution in [-0.4, -0.2) is 55.5 Å². The van der Waals surface area contributed by atoms with E-state index in [2.05, 4.69) is 0 Å². The van der Waals surface area contributed by atoms with Gasteiger partial charge in [-0.15, -0.1) is 0 Å². The van der Waals surface area contributed by atoms with E-state index in [1.165, 1.54) is 0 Å². The van der Waals surface area contributed by atoms with E-state index in [4.69, 9.17) is 19.2 Å². The van der Waals surface area contributed by atoms with Gasteiger partial charge in [0, 0.05) is 18.5 Å². The lowest BCUT2D eigenvalue weighted by Gasteiger charge is -2.40. The molecule has 0 bridgehead atoms. The molecule has 0 spiro atoms. The number of amides is 1. The maximum Gasteiger partial charge on any atom is 0.410 e. The van der Waals surface area contributed by atoms with Crippen molar-refractivity contribution in [3.8, 4) is 0 Å². The van der Waals surface area contributed by atoms with Crippen molar-refractivity contribution in [3.63, 3.8) is 0 Å². The molecule has 24 heavy (non-hydrogen) atoms. The van der Waals surface area contributed by atoms with Crippen LogP contribution in [0.15, 0.2) is 0 Å². The van der Waals surface area contributed by atoms with Crippen LogP contribution in [0.25, 0.3) is 0 Å². The minimum atomic E-state index is -0.519. The predicted molar refractivity (Wildman–Crippen MR) is 88.3 cm³/mol. The van der Waals surface area contributed by atoms with Crippen molar-refractivity contribution in [2.24, 2.45) is 5.41 Å². The number of carbonyl (C=O) groups is 2. The van der Waals surface area contributed by atoms with Gasteiger partial charge in [-0.25, -0.2) is 14.6 Å². The van der Waals surface area contributed by atoms with Gasteiger partial charge in [0.25, 0.3) is 0 Å². The van der Waals surface area contributed by atoms with Crippen LogP contribution < -0.4 is 0 Å². The first-order valence-corrected chi connectivity index (χ1v) is 8.59. The lowest BCUT2D eigenvalue weighted by molar-refractivity contribution is -0.309. The molecule has 1 amide bonds. The molecule has 7 nitrogen and oxygen atoms in total. The fourth-order valence-electron chi connectivity index (χ4n) is 2.63. The molecule has 1 saturated heterocycles. The second kappa shape index (κ2) is 9.22. The zero-order chi connectivity index (χ0) is 18.2. The van der Waals surface area contributed by atoms with Gasteiger partial charge in [-0.3, -0.25) is 4.79 Å². The lowest BCUT2D eigenvalue weighted by Crippen LogP contribution is -2.47. The number of ether oxygens (including phenoxy) is 2. The summed E-state index contributed by atoms with van der Waals surface area (Å²) in [6, 6.07) is 0. The number of esters is 1. The SMILES string of the molecule is CCOOCC1(CC(=O)OCC)CCN(C(=O)OC(C)(C)C)CC1. The van der Waals surface area contributed by atoms with Crippen LogP contribution in [0.1, 0.15) is 53.9 Å². The summed E-state index contributed by atoms with van der Waals surface area (Å²) < 4.78 is 10.5. The summed E-state index contributed by atoms with van der Waals surface area (Å²) in [6.45, 7) is 11.3. The minimum absolute atomic E-state index is 0.247. The van der Waals surface area contributed by atoms with Crippen molar-refractivity contribution in [3.05, 3.63) is 0 Å². The van der Waals surface area contributed by atoms with E-state index in [-0.39, 0.29) is 23.9 Å². The van der Waals surface area contributed by atoms with E-state index in [1.54, 1.807) is 11.8 Å². The molecule has 7 heteroatoms. The summed E-state index contributed by atoms with van der Waals surface area (Å²) in [4.78, 5) is 36.0. The number of carbonyl (C=O) groups excluding carboxylic acids is 2. The minimum Gasteiger partial charge on any atom is -0.466 e. The monoisotopic (exact) mass is 345 g/mol. The number of likely N-dealkylation sites (tertiary alicyclic amines) is 1. The van der Waals surface area contributed by atoms with Gasteiger partial charge < -0.3 is 14.4 Å². The van der Waals surface area contributed by atoms with Gasteiger partial charge in [-0.1, -0.05) is 0 Å². The fourth-order valence-corrected chi connectivity index (χ4v) is 2.63. The molecule has 1 rings (SSSR count). The van der Waals surface area contributed by atoms with Gasteiger partial charge in [0.15, 0.2) is 0 Å². The highest BCUT2D eigenvalue weighted by Crippen LogP contribution is 2.36. The first kappa shape index (κ1) is 20.7. The molecule has 0 saturated carbocycles. The van der Waals surface area contributed by atoms with Crippen LogP contribution in [0.2, 0.25) is 0 Å². The number of hydrogen-bond donors (Lipinski definition) is 0. The van der Waals surface area contributed by atoms with Crippen molar-refractivity contribution in [1.29, 1.82) is 0 Å². The molecule has 0 aromatic rings. The Balaban J connectivity index is 2.64. The quantitative estimate of drug-likeness (QED) is 0.306. The van der Waals surface area contributed by atoms with Crippen LogP contribution >= 0.6 is 0 Å². The highest BCUT2D eigenvalue weighted by atomic mass is 17.2. The van der Waals surface area contributed by atoms with Crippen molar-refractivity contribution in [2.75, 3.05) is 32.9 Å². The highest BCUT2D eigenvalue weighted by Gasteiger charge is 2.40. The van der Waals surface area contributed by atoms with Crippen LogP contribution in [0.5, 0.6) is 0 Å². The maximum atomic E-state index is 12.2. The molecule has 1 fully saturated rings. The topological polar surface area (TPSA) is 74.3 Å². The summed E-state index contributed by atoms with van der Waals surface area (Å²) in [5.41, 5.74) is -0.894. The fraction of sp³-hybridized carbons (Fsp3) is 0.882. The standard InChI is InChI=1S/C17H31NO6/c1-6-21-14(19)12-17(13-23-22-7-2)8-10-18(11-9-17)15(20)24-16(3,4)5/h6-13H2,1-5H3. The van der Waals surface area contributed by atoms with Crippen molar-refractivity contribution >= 4 is 12.1 Å². The second-order valence-corrected chi connectivity index (χ2v) is 7.12. The zero-order valence-corrected chi connectivity index (χ0v) is 15.6. The Bertz CT molecular complexity index is 410. The molecule has 0 aliphatic carbocycles. The Hall–Kier alpha value is -1.34. The lowest BCUT2D eigenvalue weighted by atomic mass is 9.76. The van der Waals surface area contributed by atoms with Gasteiger partial charge in [0.05, 0.1) is 26.2 Å². The van der Waals surface area contributed by atoms with Crippen LogP contribution in [0, 0.1) is 5.41 Å². The largest absolute Gasteiger partial charge is 0.466 e. The third kappa shape index (κ3) is 7.05. The van der Waals surface area contributed by atoms with Crippen molar-refractivity contribution in [1.82, 2.24) is 4.90 Å². The third-order valence-electron chi connectivity index (χ3n) is 3.87. The average Bonchev–Trinajstić information content (AvgIpc) is 2.46. The highest BCUT2D eigenvalue weighted by molar-refractivity contribution is 5.71. The Kier molecular flexibility index (Phi) is 7.96. The molecule has 1 heterocycles. The van der Waals surface area contributed by atoms with Gasteiger partial charge in [0.1, 0.15) is 5.60 Å². The van der Waals surface area contributed by atoms with Crippen LogP contribution in [0.4, 0.5) is 4.79 Å². The van der Waals surface area contributed by atoms with Crippen molar-refractivity contribution < 1.29 is 28.8 Å². The average molecular weight is 345 g/mol. The zero-order valence-electron chi connectivity index (χ0n) is 15.6. The van der Waals surface area contributed by atoms with E-state index in [9.17, 15) is 9.59 Å². The molecule has 0 unspecified atom stereocenters. The van der Waals surface area contributed by atoms with E-state index < -0.39 is 5.60 Å². The summed E-state index contributed by atoms with van der Waals surface area (Å²) in [6.07, 6.45) is 1.21. The molecule has 0 aromatic heterocycles. The molecule has 0 radical (unpaired) electrons. The first-order chi connectivity index (χ1) is 11.2. The summed E-state index contributed by atoms with van der Waals surface area (Å²) in [7, 11) is 0. The molecule has 0 atom stereocenters. The predicted octanol–water partition coefficient (Wildman–Crippen LogP) is 2.93. The maximum absolute atomic E-state index is 12.2. The molecule has 1 aliphatic heterocycles. The third-order valence-corrected chi connectivity index (χ3v) is 3.87. The summed E-state index contributed by atoms with van der Waals surface area (Å²) >= 11 is 0. The van der Waals surface area contributed by atoms with Crippen molar-refractivity contribution in [2.45, 2.75) is 59.5 Å². The molecule has 0 aromatic carbocycles. The van der Waals surface area contributed by atoms with E-state index in [1.807, 2.05) is 27.7 Å². The van der Waals surface area contributed by atoms with Gasteiger partial charge >= 0.3 is 12.1 Å². The van der Waals surface area contributed by atoms with E-state index in [0.717, 1.165) is 0 Å². The molecule has 140 valence electrons. The molecule has 1 aliphatic rings. The molecular weight excluding hydrogens is 314 g/mol. The summed E-state index contributed by atoms with van der Waals surface area (Å²) in [5.74, 6) is -0.247. The number of nitrogens with zero attached hydrogens (tertiary/aromatic N) is 1. The van der Waals surface area contributed by atoms with Gasteiger partial charge in [-0.05, 0) is 47.5 Å². The normalized spacial score (nSPS) is 17.5. The number of hydrogen-bond acceptors (Lipinski definition) is 6. The second-order valence-electron chi connectivity index (χ2n) is 7.12. The number of rotatable bonds is 7. The Morgan fingerprint density at radius 3 is 2.17 bits per heavy atom. The Morgan fingerprint density at radius 2 is 1.67 bits per heavy atom. The van der Waals surface area contributed by atoms with Gasteiger partial charge in [-0.2, -0.15) is 0 Å². The first-order valence-electron chi connectivity index (χ1n) is 8.59. The molecule has 0 N–H and O–H groups in total.